The van der Waals surface area contributed by atoms with Crippen LogP contribution in [0.5, 0.6) is 0 Å². The predicted octanol–water partition coefficient (Wildman–Crippen LogP) is 4.03. The van der Waals surface area contributed by atoms with Crippen LogP contribution in [0.15, 0.2) is 45.4 Å². The number of hydrogen-bond donors (Lipinski definition) is 1. The van der Waals surface area contributed by atoms with Crippen molar-refractivity contribution in [2.75, 3.05) is 5.73 Å². The highest BCUT2D eigenvalue weighted by Crippen LogP contribution is 2.28. The van der Waals surface area contributed by atoms with Crippen molar-refractivity contribution >= 4 is 21.6 Å². The van der Waals surface area contributed by atoms with Crippen LogP contribution in [0.3, 0.4) is 0 Å². The lowest BCUT2D eigenvalue weighted by molar-refractivity contribution is 0.432. The van der Waals surface area contributed by atoms with Crippen molar-refractivity contribution in [3.05, 3.63) is 52.5 Å². The summed E-state index contributed by atoms with van der Waals surface area (Å²) in [5.41, 5.74) is 6.78. The van der Waals surface area contributed by atoms with E-state index in [-0.39, 0.29) is 17.4 Å². The summed E-state index contributed by atoms with van der Waals surface area (Å²) < 4.78 is 32.1. The number of rotatable bonds is 2. The van der Waals surface area contributed by atoms with Crippen LogP contribution in [0.2, 0.25) is 0 Å². The van der Waals surface area contributed by atoms with Crippen LogP contribution in [-0.4, -0.2) is 10.1 Å². The van der Waals surface area contributed by atoms with Crippen LogP contribution in [0.1, 0.15) is 0 Å². The highest BCUT2D eigenvalue weighted by atomic mass is 79.9. The highest BCUT2D eigenvalue weighted by molar-refractivity contribution is 9.10. The van der Waals surface area contributed by atoms with E-state index in [0.29, 0.717) is 15.6 Å². The van der Waals surface area contributed by atoms with Gasteiger partial charge in [0, 0.05) is 15.7 Å². The summed E-state index contributed by atoms with van der Waals surface area (Å²) in [7, 11) is 0. The predicted molar refractivity (Wildman–Crippen MR) is 77.2 cm³/mol. The molecule has 0 aliphatic rings. The van der Waals surface area contributed by atoms with E-state index in [1.807, 2.05) is 0 Å². The van der Waals surface area contributed by atoms with E-state index in [4.69, 9.17) is 10.3 Å². The SMILES string of the molecule is Nc1cc(F)ccc1-c1nc(-c2cc(F)cc(Br)c2)no1. The first-order valence-corrected chi connectivity index (χ1v) is 6.68. The van der Waals surface area contributed by atoms with E-state index < -0.39 is 11.6 Å². The zero-order valence-corrected chi connectivity index (χ0v) is 12.1. The van der Waals surface area contributed by atoms with Crippen molar-refractivity contribution in [2.24, 2.45) is 0 Å². The molecular formula is C14H8BrF2N3O. The number of hydrogen-bond acceptors (Lipinski definition) is 4. The molecule has 2 N–H and O–H groups in total. The van der Waals surface area contributed by atoms with Crippen LogP contribution in [0.4, 0.5) is 14.5 Å². The summed E-state index contributed by atoms with van der Waals surface area (Å²) in [6, 6.07) is 8.12. The summed E-state index contributed by atoms with van der Waals surface area (Å²) in [6.45, 7) is 0. The van der Waals surface area contributed by atoms with E-state index in [1.165, 1.54) is 24.3 Å². The fourth-order valence-corrected chi connectivity index (χ4v) is 2.33. The molecule has 0 aliphatic heterocycles. The molecule has 0 atom stereocenters. The Kier molecular flexibility index (Phi) is 3.42. The quantitative estimate of drug-likeness (QED) is 0.708. The normalized spacial score (nSPS) is 10.8. The van der Waals surface area contributed by atoms with E-state index in [0.717, 1.165) is 6.07 Å². The van der Waals surface area contributed by atoms with Crippen LogP contribution in [0, 0.1) is 11.6 Å². The standard InChI is InChI=1S/C14H8BrF2N3O/c15-8-3-7(4-10(17)5-8)13-19-14(21-20-13)11-2-1-9(16)6-12(11)18/h1-6H,18H2. The Hall–Kier alpha value is -2.28. The maximum Gasteiger partial charge on any atom is 0.260 e. The zero-order chi connectivity index (χ0) is 15.0. The van der Waals surface area contributed by atoms with Crippen LogP contribution in [-0.2, 0) is 0 Å². The van der Waals surface area contributed by atoms with Crippen LogP contribution in [0.25, 0.3) is 22.8 Å². The van der Waals surface area contributed by atoms with Gasteiger partial charge in [0.1, 0.15) is 11.6 Å². The molecule has 3 rings (SSSR count). The molecule has 0 radical (unpaired) electrons. The van der Waals surface area contributed by atoms with E-state index in [9.17, 15) is 8.78 Å². The molecule has 21 heavy (non-hydrogen) atoms. The lowest BCUT2D eigenvalue weighted by atomic mass is 10.1. The van der Waals surface area contributed by atoms with Crippen molar-refractivity contribution in [3.8, 4) is 22.8 Å². The van der Waals surface area contributed by atoms with Gasteiger partial charge in [-0.3, -0.25) is 0 Å². The molecule has 0 saturated heterocycles. The maximum absolute atomic E-state index is 13.4. The summed E-state index contributed by atoms with van der Waals surface area (Å²) >= 11 is 3.19. The third-order valence-electron chi connectivity index (χ3n) is 2.79. The largest absolute Gasteiger partial charge is 0.398 e. The third kappa shape index (κ3) is 2.78. The Morgan fingerprint density at radius 3 is 2.57 bits per heavy atom. The zero-order valence-electron chi connectivity index (χ0n) is 10.5. The maximum atomic E-state index is 13.4. The van der Waals surface area contributed by atoms with Gasteiger partial charge in [-0.25, -0.2) is 8.78 Å². The molecule has 0 saturated carbocycles. The second-order valence-corrected chi connectivity index (χ2v) is 5.23. The Bertz CT molecular complexity index is 799. The average Bonchev–Trinajstić information content (AvgIpc) is 2.87. The lowest BCUT2D eigenvalue weighted by Crippen LogP contribution is -1.91. The van der Waals surface area contributed by atoms with Gasteiger partial charge in [0.05, 0.1) is 5.56 Å². The van der Waals surface area contributed by atoms with E-state index in [1.54, 1.807) is 6.07 Å². The van der Waals surface area contributed by atoms with Crippen molar-refractivity contribution < 1.29 is 13.3 Å². The molecule has 2 aromatic carbocycles. The molecule has 0 bridgehead atoms. The number of nitrogen functional groups attached to an aromatic ring is 1. The molecule has 1 heterocycles. The van der Waals surface area contributed by atoms with Gasteiger partial charge in [0.25, 0.3) is 5.89 Å². The lowest BCUT2D eigenvalue weighted by Gasteiger charge is -1.99. The first kappa shape index (κ1) is 13.7. The number of nitrogens with two attached hydrogens (primary N) is 1. The summed E-state index contributed by atoms with van der Waals surface area (Å²) in [4.78, 5) is 4.16. The Morgan fingerprint density at radius 2 is 1.86 bits per heavy atom. The number of aromatic nitrogens is 2. The molecular weight excluding hydrogens is 344 g/mol. The summed E-state index contributed by atoms with van der Waals surface area (Å²) in [5, 5.41) is 3.79. The number of benzene rings is 2. The fourth-order valence-electron chi connectivity index (χ4n) is 1.86. The number of nitrogens with zero attached hydrogens (tertiary/aromatic N) is 2. The first-order chi connectivity index (χ1) is 10.0. The first-order valence-electron chi connectivity index (χ1n) is 5.88. The molecule has 7 heteroatoms. The second-order valence-electron chi connectivity index (χ2n) is 4.31. The van der Waals surface area contributed by atoms with Gasteiger partial charge in [-0.2, -0.15) is 4.98 Å². The van der Waals surface area contributed by atoms with Crippen molar-refractivity contribution in [1.29, 1.82) is 0 Å². The molecule has 0 aliphatic carbocycles. The van der Waals surface area contributed by atoms with Gasteiger partial charge in [0.15, 0.2) is 0 Å². The average molecular weight is 352 g/mol. The monoisotopic (exact) mass is 351 g/mol. The molecule has 0 spiro atoms. The molecule has 4 nitrogen and oxygen atoms in total. The third-order valence-corrected chi connectivity index (χ3v) is 3.25. The van der Waals surface area contributed by atoms with Crippen molar-refractivity contribution in [1.82, 2.24) is 10.1 Å². The topological polar surface area (TPSA) is 64.9 Å². The van der Waals surface area contributed by atoms with Gasteiger partial charge in [0.2, 0.25) is 5.82 Å². The minimum Gasteiger partial charge on any atom is -0.398 e. The molecule has 0 unspecified atom stereocenters. The van der Waals surface area contributed by atoms with Gasteiger partial charge in [-0.05, 0) is 36.4 Å². The van der Waals surface area contributed by atoms with Crippen LogP contribution >= 0.6 is 15.9 Å². The van der Waals surface area contributed by atoms with Gasteiger partial charge in [-0.1, -0.05) is 21.1 Å². The Morgan fingerprint density at radius 1 is 1.05 bits per heavy atom. The van der Waals surface area contributed by atoms with Gasteiger partial charge >= 0.3 is 0 Å². The molecule has 1 aromatic heterocycles. The molecule has 0 amide bonds. The smallest absolute Gasteiger partial charge is 0.260 e. The van der Waals surface area contributed by atoms with Crippen LogP contribution < -0.4 is 5.73 Å². The Labute approximate surface area is 126 Å². The number of anilines is 1. The molecule has 106 valence electrons. The molecule has 0 fully saturated rings. The van der Waals surface area contributed by atoms with Crippen molar-refractivity contribution in [3.63, 3.8) is 0 Å². The molecule has 3 aromatic rings. The second kappa shape index (κ2) is 5.25. The fraction of sp³-hybridized carbons (Fsp3) is 0. The van der Waals surface area contributed by atoms with Gasteiger partial charge in [-0.15, -0.1) is 0 Å². The minimum atomic E-state index is -0.454. The van der Waals surface area contributed by atoms with Crippen molar-refractivity contribution in [2.45, 2.75) is 0 Å². The Balaban J connectivity index is 2.03. The van der Waals surface area contributed by atoms with Gasteiger partial charge < -0.3 is 10.3 Å². The highest BCUT2D eigenvalue weighted by Gasteiger charge is 2.14. The summed E-state index contributed by atoms with van der Waals surface area (Å²) in [6.07, 6.45) is 0. The minimum absolute atomic E-state index is 0.142. The summed E-state index contributed by atoms with van der Waals surface area (Å²) in [5.74, 6) is -0.520. The van der Waals surface area contributed by atoms with E-state index in [2.05, 4.69) is 26.1 Å². The van der Waals surface area contributed by atoms with E-state index >= 15 is 0 Å². The number of halogens is 3.